The summed E-state index contributed by atoms with van der Waals surface area (Å²) in [6.45, 7) is 5.42. The summed E-state index contributed by atoms with van der Waals surface area (Å²) in [7, 11) is -0.986. The summed E-state index contributed by atoms with van der Waals surface area (Å²) in [6, 6.07) is 70.0. The molecule has 3 heteroatoms. The standard InChI is InChI=1S/2C21H16P.C5H8.Hf/c2*1-3-11-19(12-4-1)22(20-13-5-2-6-14-20)21-15-17-9-7-8-10-18(17)16-21;1-3-5-4-2;/h2*1-16H;3-5H,1H2,2H3;/q2*-1;;. The van der Waals surface area contributed by atoms with Crippen LogP contribution < -0.4 is 31.8 Å². The molecule has 8 rings (SSSR count). The van der Waals surface area contributed by atoms with Gasteiger partial charge in [0.15, 0.2) is 0 Å². The van der Waals surface area contributed by atoms with Crippen molar-refractivity contribution in [1.29, 1.82) is 0 Å². The van der Waals surface area contributed by atoms with Crippen LogP contribution in [0.4, 0.5) is 0 Å². The first-order valence-electron chi connectivity index (χ1n) is 16.6. The first-order chi connectivity index (χ1) is 24.2. The molecule has 50 heavy (non-hydrogen) atoms. The van der Waals surface area contributed by atoms with Gasteiger partial charge in [-0.25, -0.2) is 0 Å². The average molecular weight is 845 g/mol. The molecule has 0 aliphatic heterocycles. The summed E-state index contributed by atoms with van der Waals surface area (Å²) in [4.78, 5) is 0. The maximum Gasteiger partial charge on any atom is 0 e. The van der Waals surface area contributed by atoms with Gasteiger partial charge in [-0.15, -0.1) is 80.7 Å². The zero-order chi connectivity index (χ0) is 33.7. The number of rotatable bonds is 7. The fraction of sp³-hybridized carbons (Fsp3) is 0.0213. The summed E-state index contributed by atoms with van der Waals surface area (Å²) in [5.74, 6) is 0. The quantitative estimate of drug-likeness (QED) is 0.0649. The Hall–Kier alpha value is -4.25. The Labute approximate surface area is 318 Å². The van der Waals surface area contributed by atoms with Crippen molar-refractivity contribution < 1.29 is 25.8 Å². The van der Waals surface area contributed by atoms with E-state index >= 15 is 0 Å². The Morgan fingerprint density at radius 3 is 1.00 bits per heavy atom. The molecule has 0 N–H and O–H groups in total. The van der Waals surface area contributed by atoms with Crippen LogP contribution in [0.3, 0.4) is 0 Å². The van der Waals surface area contributed by atoms with E-state index in [0.717, 1.165) is 0 Å². The van der Waals surface area contributed by atoms with Crippen LogP contribution in [0.5, 0.6) is 0 Å². The van der Waals surface area contributed by atoms with Gasteiger partial charge in [-0.2, -0.15) is 12.1 Å². The number of fused-ring (bicyclic) bond motifs is 2. The third-order valence-corrected chi connectivity index (χ3v) is 12.9. The summed E-state index contributed by atoms with van der Waals surface area (Å²) in [5, 5.41) is 13.8. The molecule has 244 valence electrons. The molecule has 8 aromatic rings. The Kier molecular flexibility index (Phi) is 14.2. The predicted molar refractivity (Wildman–Crippen MR) is 222 cm³/mol. The zero-order valence-corrected chi connectivity index (χ0v) is 33.7. The van der Waals surface area contributed by atoms with Crippen molar-refractivity contribution in [2.45, 2.75) is 6.92 Å². The third kappa shape index (κ3) is 9.50. The molecule has 0 aliphatic rings. The van der Waals surface area contributed by atoms with E-state index in [1.54, 1.807) is 6.08 Å². The molecule has 0 fully saturated rings. The molecule has 0 amide bonds. The Balaban J connectivity index is 0.000000169. The molecule has 0 atom stereocenters. The van der Waals surface area contributed by atoms with Crippen molar-refractivity contribution in [1.82, 2.24) is 0 Å². The van der Waals surface area contributed by atoms with Crippen LogP contribution in [0, 0.1) is 0 Å². The smallest absolute Gasteiger partial charge is 0 e. The predicted octanol–water partition coefficient (Wildman–Crippen LogP) is 10.4. The van der Waals surface area contributed by atoms with Crippen LogP contribution in [0.1, 0.15) is 6.92 Å². The van der Waals surface area contributed by atoms with E-state index in [0.29, 0.717) is 0 Å². The maximum absolute atomic E-state index is 3.46. The number of hydrogen-bond acceptors (Lipinski definition) is 0. The van der Waals surface area contributed by atoms with E-state index in [1.807, 2.05) is 19.1 Å². The second kappa shape index (κ2) is 19.2. The molecule has 8 aromatic carbocycles. The van der Waals surface area contributed by atoms with Gasteiger partial charge < -0.3 is 0 Å². The largest absolute Gasteiger partial charge is 0.160 e. The molecule has 0 aliphatic carbocycles. The number of benzene rings is 6. The van der Waals surface area contributed by atoms with Crippen molar-refractivity contribution in [3.05, 3.63) is 219 Å². The van der Waals surface area contributed by atoms with E-state index in [9.17, 15) is 0 Å². The second-order valence-corrected chi connectivity index (χ2v) is 15.9. The monoisotopic (exact) mass is 846 g/mol. The molecule has 0 nitrogen and oxygen atoms in total. The molecule has 0 saturated carbocycles. The topological polar surface area (TPSA) is 0 Å². The van der Waals surface area contributed by atoms with Crippen molar-refractivity contribution in [2.24, 2.45) is 0 Å². The number of hydrogen-bond donors (Lipinski definition) is 0. The molecule has 0 heterocycles. The van der Waals surface area contributed by atoms with Crippen LogP contribution >= 0.6 is 15.8 Å². The van der Waals surface area contributed by atoms with Crippen LogP contribution in [-0.2, 0) is 25.8 Å². The van der Waals surface area contributed by atoms with E-state index in [4.69, 9.17) is 0 Å². The Morgan fingerprint density at radius 2 is 0.740 bits per heavy atom. The molecule has 0 aromatic heterocycles. The minimum atomic E-state index is -0.493. The van der Waals surface area contributed by atoms with E-state index in [1.165, 1.54) is 53.4 Å². The second-order valence-electron chi connectivity index (χ2n) is 11.5. The first-order valence-corrected chi connectivity index (χ1v) is 19.3. The van der Waals surface area contributed by atoms with Crippen LogP contribution in [-0.4, -0.2) is 0 Å². The summed E-state index contributed by atoms with van der Waals surface area (Å²) < 4.78 is 0. The van der Waals surface area contributed by atoms with Gasteiger partial charge in [-0.05, 0) is 44.0 Å². The van der Waals surface area contributed by atoms with E-state index in [-0.39, 0.29) is 25.8 Å². The normalized spacial score (nSPS) is 10.7. The van der Waals surface area contributed by atoms with Crippen LogP contribution in [0.25, 0.3) is 21.5 Å². The first kappa shape index (κ1) is 37.0. The zero-order valence-electron chi connectivity index (χ0n) is 28.3. The SMILES string of the molecule is C=CC=CC.[Hf].c1ccc(P(c2ccccc2)c2cc3ccccc3[cH-]2)cc1.c1ccc(P(c2ccccc2)c2cc3ccccc3[cH-]2)cc1. The molecular formula is C47H40HfP2-2. The van der Waals surface area contributed by atoms with Crippen molar-refractivity contribution in [3.63, 3.8) is 0 Å². The van der Waals surface area contributed by atoms with Gasteiger partial charge in [-0.1, -0.05) is 158 Å². The average Bonchev–Trinajstić information content (AvgIpc) is 3.79. The van der Waals surface area contributed by atoms with Gasteiger partial charge >= 0.3 is 0 Å². The molecule has 0 unspecified atom stereocenters. The van der Waals surface area contributed by atoms with Crippen LogP contribution in [0.15, 0.2) is 219 Å². The summed E-state index contributed by atoms with van der Waals surface area (Å²) in [5.41, 5.74) is 0. The van der Waals surface area contributed by atoms with Gasteiger partial charge in [-0.3, -0.25) is 0 Å². The fourth-order valence-electron chi connectivity index (χ4n) is 5.87. The number of allylic oxidation sites excluding steroid dienone is 3. The summed E-state index contributed by atoms with van der Waals surface area (Å²) >= 11 is 0. The fourth-order valence-corrected chi connectivity index (χ4v) is 10.6. The van der Waals surface area contributed by atoms with Crippen molar-refractivity contribution >= 4 is 69.2 Å². The minimum absolute atomic E-state index is 0. The third-order valence-electron chi connectivity index (χ3n) is 8.11. The Bertz CT molecular complexity index is 1900. The van der Waals surface area contributed by atoms with Gasteiger partial charge in [0.25, 0.3) is 0 Å². The molecule has 0 bridgehead atoms. The maximum atomic E-state index is 3.46. The van der Waals surface area contributed by atoms with E-state index < -0.39 is 15.8 Å². The van der Waals surface area contributed by atoms with Gasteiger partial charge in [0.1, 0.15) is 0 Å². The Morgan fingerprint density at radius 1 is 0.440 bits per heavy atom. The van der Waals surface area contributed by atoms with Crippen molar-refractivity contribution in [2.75, 3.05) is 0 Å². The molecule has 0 spiro atoms. The molecule has 0 radical (unpaired) electrons. The van der Waals surface area contributed by atoms with Gasteiger partial charge in [0, 0.05) is 25.8 Å². The van der Waals surface area contributed by atoms with Crippen LogP contribution in [0.2, 0.25) is 0 Å². The molecule has 0 saturated heterocycles. The van der Waals surface area contributed by atoms with E-state index in [2.05, 4.69) is 201 Å². The summed E-state index contributed by atoms with van der Waals surface area (Å²) in [6.07, 6.45) is 5.58. The van der Waals surface area contributed by atoms with Gasteiger partial charge in [0.2, 0.25) is 0 Å². The van der Waals surface area contributed by atoms with Gasteiger partial charge in [0.05, 0.1) is 0 Å². The van der Waals surface area contributed by atoms with Crippen molar-refractivity contribution in [3.8, 4) is 0 Å². The minimum Gasteiger partial charge on any atom is -0.160 e. The molecular weight excluding hydrogens is 805 g/mol.